The summed E-state index contributed by atoms with van der Waals surface area (Å²) in [5.74, 6) is -0.0150. The molecule has 2 aromatic carbocycles. The summed E-state index contributed by atoms with van der Waals surface area (Å²) in [5.41, 5.74) is 3.10. The molecule has 23 heavy (non-hydrogen) atoms. The maximum atomic E-state index is 12.1. The Morgan fingerprint density at radius 2 is 1.91 bits per heavy atom. The van der Waals surface area contributed by atoms with Crippen molar-refractivity contribution in [1.82, 2.24) is 5.32 Å². The Labute approximate surface area is 145 Å². The summed E-state index contributed by atoms with van der Waals surface area (Å²) >= 11 is 7.63. The van der Waals surface area contributed by atoms with Crippen LogP contribution in [0.15, 0.2) is 53.5 Å². The number of thioether (sulfide) groups is 1. The van der Waals surface area contributed by atoms with Gasteiger partial charge in [0.25, 0.3) is 0 Å². The number of benzene rings is 2. The van der Waals surface area contributed by atoms with Gasteiger partial charge < -0.3 is 5.32 Å². The van der Waals surface area contributed by atoms with E-state index in [1.165, 1.54) is 17.3 Å². The van der Waals surface area contributed by atoms with Gasteiger partial charge in [0, 0.05) is 5.02 Å². The van der Waals surface area contributed by atoms with E-state index in [9.17, 15) is 4.79 Å². The predicted molar refractivity (Wildman–Crippen MR) is 97.6 cm³/mol. The Hall–Kier alpha value is -1.78. The van der Waals surface area contributed by atoms with Gasteiger partial charge in [-0.05, 0) is 42.2 Å². The predicted octanol–water partition coefficient (Wildman–Crippen LogP) is 4.36. The number of hydrogen-bond acceptors (Lipinski definition) is 3. The third-order valence-electron chi connectivity index (χ3n) is 3.71. The summed E-state index contributed by atoms with van der Waals surface area (Å²) in [6.07, 6.45) is 1.60. The van der Waals surface area contributed by atoms with Crippen LogP contribution >= 0.6 is 23.4 Å². The first-order valence-electron chi connectivity index (χ1n) is 7.54. The molecule has 0 bridgehead atoms. The molecule has 2 aromatic rings. The molecule has 1 atom stereocenters. The molecule has 0 radical (unpaired) electrons. The number of hydrogen-bond donors (Lipinski definition) is 1. The molecule has 1 fully saturated rings. The zero-order valence-electron chi connectivity index (χ0n) is 12.8. The lowest BCUT2D eigenvalue weighted by atomic mass is 10.1. The Bertz CT molecular complexity index is 743. The van der Waals surface area contributed by atoms with E-state index < -0.39 is 0 Å². The summed E-state index contributed by atoms with van der Waals surface area (Å²) in [6, 6.07) is 15.7. The highest BCUT2D eigenvalue weighted by Crippen LogP contribution is 2.28. The van der Waals surface area contributed by atoms with E-state index in [0.717, 1.165) is 17.7 Å². The molecule has 0 aromatic heterocycles. The van der Waals surface area contributed by atoms with Gasteiger partial charge in [-0.25, -0.2) is 4.99 Å². The van der Waals surface area contributed by atoms with E-state index in [-0.39, 0.29) is 11.2 Å². The summed E-state index contributed by atoms with van der Waals surface area (Å²) in [5, 5.41) is 4.01. The van der Waals surface area contributed by atoms with Crippen LogP contribution in [0.3, 0.4) is 0 Å². The Kier molecular flexibility index (Phi) is 5.03. The van der Waals surface area contributed by atoms with Gasteiger partial charge >= 0.3 is 0 Å². The first-order valence-corrected chi connectivity index (χ1v) is 8.80. The van der Waals surface area contributed by atoms with E-state index in [2.05, 4.69) is 29.4 Å². The number of aliphatic imine (C=N–C) groups is 1. The van der Waals surface area contributed by atoms with Crippen LogP contribution in [-0.2, 0) is 17.6 Å². The molecule has 5 heteroatoms. The van der Waals surface area contributed by atoms with Crippen LogP contribution in [0, 0.1) is 0 Å². The summed E-state index contributed by atoms with van der Waals surface area (Å²) in [4.78, 5) is 16.6. The van der Waals surface area contributed by atoms with E-state index in [0.29, 0.717) is 16.6 Å². The van der Waals surface area contributed by atoms with Crippen LogP contribution in [0.2, 0.25) is 5.02 Å². The van der Waals surface area contributed by atoms with E-state index >= 15 is 0 Å². The van der Waals surface area contributed by atoms with E-state index in [1.807, 2.05) is 36.4 Å². The number of carbonyl (C=O) groups is 1. The topological polar surface area (TPSA) is 41.5 Å². The van der Waals surface area contributed by atoms with Crippen LogP contribution in [0.25, 0.3) is 0 Å². The summed E-state index contributed by atoms with van der Waals surface area (Å²) < 4.78 is 0. The van der Waals surface area contributed by atoms with Crippen molar-refractivity contribution >= 4 is 40.1 Å². The Morgan fingerprint density at radius 1 is 1.17 bits per heavy atom. The molecule has 1 aliphatic heterocycles. The molecule has 1 heterocycles. The number of amides is 1. The first-order chi connectivity index (χ1) is 11.2. The van der Waals surface area contributed by atoms with Gasteiger partial charge in [0.1, 0.15) is 0 Å². The van der Waals surface area contributed by atoms with Crippen LogP contribution in [-0.4, -0.2) is 16.3 Å². The normalized spacial score (nSPS) is 19.1. The van der Waals surface area contributed by atoms with Crippen molar-refractivity contribution in [2.45, 2.75) is 25.0 Å². The van der Waals surface area contributed by atoms with Gasteiger partial charge in [-0.3, -0.25) is 4.79 Å². The largest absolute Gasteiger partial charge is 0.304 e. The SMILES string of the molecule is CCc1ccc(N=C2NC(=O)C(Cc3ccccc3Cl)S2)cc1. The van der Waals surface area contributed by atoms with E-state index in [1.54, 1.807) is 0 Å². The average molecular weight is 345 g/mol. The van der Waals surface area contributed by atoms with Crippen molar-refractivity contribution in [3.8, 4) is 0 Å². The van der Waals surface area contributed by atoms with Gasteiger partial charge in [-0.1, -0.05) is 60.6 Å². The third kappa shape index (κ3) is 3.95. The molecule has 1 unspecified atom stereocenters. The minimum atomic E-state index is -0.191. The molecule has 1 saturated heterocycles. The second kappa shape index (κ2) is 7.20. The second-order valence-electron chi connectivity index (χ2n) is 5.33. The van der Waals surface area contributed by atoms with Gasteiger partial charge in [0.15, 0.2) is 5.17 Å². The lowest BCUT2D eigenvalue weighted by molar-refractivity contribution is -0.118. The summed E-state index contributed by atoms with van der Waals surface area (Å²) in [6.45, 7) is 2.12. The molecular formula is C18H17ClN2OS. The van der Waals surface area contributed by atoms with Crippen LogP contribution in [0.1, 0.15) is 18.1 Å². The maximum absolute atomic E-state index is 12.1. The fourth-order valence-corrected chi connectivity index (χ4v) is 3.61. The lowest BCUT2D eigenvalue weighted by Gasteiger charge is -2.06. The number of rotatable bonds is 4. The van der Waals surface area contributed by atoms with Crippen molar-refractivity contribution in [2.24, 2.45) is 4.99 Å². The van der Waals surface area contributed by atoms with Crippen molar-refractivity contribution in [3.05, 3.63) is 64.7 Å². The zero-order chi connectivity index (χ0) is 16.2. The average Bonchev–Trinajstić information content (AvgIpc) is 2.90. The van der Waals surface area contributed by atoms with Crippen LogP contribution in [0.5, 0.6) is 0 Å². The van der Waals surface area contributed by atoms with Crippen molar-refractivity contribution in [2.75, 3.05) is 0 Å². The quantitative estimate of drug-likeness (QED) is 0.895. The highest BCUT2D eigenvalue weighted by Gasteiger charge is 2.30. The molecule has 118 valence electrons. The molecule has 1 N–H and O–H groups in total. The molecule has 1 amide bonds. The molecule has 0 saturated carbocycles. The molecule has 1 aliphatic rings. The standard InChI is InChI=1S/C18H17ClN2OS/c1-2-12-7-9-14(10-8-12)20-18-21-17(22)16(23-18)11-13-5-3-4-6-15(13)19/h3-10,16H,2,11H2,1H3,(H,20,21,22). The fourth-order valence-electron chi connectivity index (χ4n) is 2.38. The van der Waals surface area contributed by atoms with Crippen LogP contribution in [0.4, 0.5) is 5.69 Å². The number of carbonyl (C=O) groups excluding carboxylic acids is 1. The highest BCUT2D eigenvalue weighted by molar-refractivity contribution is 8.15. The Balaban J connectivity index is 1.71. The van der Waals surface area contributed by atoms with E-state index in [4.69, 9.17) is 11.6 Å². The van der Waals surface area contributed by atoms with Crippen molar-refractivity contribution < 1.29 is 4.79 Å². The minimum Gasteiger partial charge on any atom is -0.304 e. The van der Waals surface area contributed by atoms with Crippen molar-refractivity contribution in [1.29, 1.82) is 0 Å². The number of nitrogens with zero attached hydrogens (tertiary/aromatic N) is 1. The molecule has 3 rings (SSSR count). The molecule has 0 spiro atoms. The minimum absolute atomic E-state index is 0.0150. The fraction of sp³-hybridized carbons (Fsp3) is 0.222. The number of aryl methyl sites for hydroxylation is 1. The molecular weight excluding hydrogens is 328 g/mol. The Morgan fingerprint density at radius 3 is 2.61 bits per heavy atom. The molecule has 0 aliphatic carbocycles. The van der Waals surface area contributed by atoms with Crippen LogP contribution < -0.4 is 5.32 Å². The zero-order valence-corrected chi connectivity index (χ0v) is 14.3. The van der Waals surface area contributed by atoms with Crippen molar-refractivity contribution in [3.63, 3.8) is 0 Å². The monoisotopic (exact) mass is 344 g/mol. The van der Waals surface area contributed by atoms with Gasteiger partial charge in [0.05, 0.1) is 10.9 Å². The lowest BCUT2D eigenvalue weighted by Crippen LogP contribution is -2.26. The number of nitrogens with one attached hydrogen (secondary N) is 1. The number of amidine groups is 1. The number of halogens is 1. The second-order valence-corrected chi connectivity index (χ2v) is 6.93. The third-order valence-corrected chi connectivity index (χ3v) is 5.17. The highest BCUT2D eigenvalue weighted by atomic mass is 35.5. The van der Waals surface area contributed by atoms with Gasteiger partial charge in [-0.15, -0.1) is 0 Å². The smallest absolute Gasteiger partial charge is 0.239 e. The van der Waals surface area contributed by atoms with Gasteiger partial charge in [0.2, 0.25) is 5.91 Å². The van der Waals surface area contributed by atoms with Gasteiger partial charge in [-0.2, -0.15) is 0 Å². The first kappa shape index (κ1) is 16.1. The maximum Gasteiger partial charge on any atom is 0.239 e. The molecule has 3 nitrogen and oxygen atoms in total. The summed E-state index contributed by atoms with van der Waals surface area (Å²) in [7, 11) is 0.